The Bertz CT molecular complexity index is 1020. The first-order valence-corrected chi connectivity index (χ1v) is 30.7. The number of aliphatic hydroxyl groups excluding tert-OH is 2. The first-order chi connectivity index (χ1) is 33.2. The van der Waals surface area contributed by atoms with Crippen LogP contribution in [0.15, 0.2) is 36.5 Å². The van der Waals surface area contributed by atoms with Crippen LogP contribution in [-0.2, 0) is 4.79 Å². The fourth-order valence-electron chi connectivity index (χ4n) is 9.66. The van der Waals surface area contributed by atoms with Gasteiger partial charge in [0.25, 0.3) is 0 Å². The minimum atomic E-state index is -0.860. The highest BCUT2D eigenvalue weighted by atomic mass is 16.3. The normalized spacial score (nSPS) is 13.0. The molecule has 3 N–H and O–H groups in total. The highest BCUT2D eigenvalue weighted by Crippen LogP contribution is 2.18. The Morgan fingerprint density at radius 2 is 0.582 bits per heavy atom. The molecular formula is C63H121NO3. The van der Waals surface area contributed by atoms with Gasteiger partial charge in [-0.15, -0.1) is 0 Å². The molecule has 0 aliphatic heterocycles. The van der Waals surface area contributed by atoms with Crippen LogP contribution in [0.4, 0.5) is 0 Å². The van der Waals surface area contributed by atoms with Crippen molar-refractivity contribution in [2.45, 2.75) is 353 Å². The fraction of sp³-hybridized carbons (Fsp3) is 0.889. The summed E-state index contributed by atoms with van der Waals surface area (Å²) in [4.78, 5) is 12.5. The maximum absolute atomic E-state index is 12.5. The quantitative estimate of drug-likeness (QED) is 0.0420. The monoisotopic (exact) mass is 940 g/mol. The van der Waals surface area contributed by atoms with Crippen LogP contribution in [0.1, 0.15) is 341 Å². The number of hydrogen-bond acceptors (Lipinski definition) is 3. The van der Waals surface area contributed by atoms with Crippen LogP contribution >= 0.6 is 0 Å². The molecule has 0 aromatic rings. The Balaban J connectivity index is 3.39. The molecule has 0 bridgehead atoms. The van der Waals surface area contributed by atoms with Crippen LogP contribution in [-0.4, -0.2) is 34.9 Å². The third kappa shape index (κ3) is 55.4. The molecule has 396 valence electrons. The van der Waals surface area contributed by atoms with Crippen molar-refractivity contribution in [1.29, 1.82) is 0 Å². The van der Waals surface area contributed by atoms with E-state index in [-0.39, 0.29) is 12.5 Å². The molecule has 0 saturated carbocycles. The Kier molecular flexibility index (Phi) is 57.7. The minimum Gasteiger partial charge on any atom is -0.394 e. The second-order valence-electron chi connectivity index (χ2n) is 21.1. The summed E-state index contributed by atoms with van der Waals surface area (Å²) in [6, 6.07) is -0.637. The van der Waals surface area contributed by atoms with E-state index in [1.165, 1.54) is 289 Å². The number of allylic oxidation sites excluding steroid dienone is 5. The predicted octanol–water partition coefficient (Wildman–Crippen LogP) is 20.4. The van der Waals surface area contributed by atoms with Crippen molar-refractivity contribution in [3.05, 3.63) is 36.5 Å². The van der Waals surface area contributed by atoms with Crippen molar-refractivity contribution in [3.8, 4) is 0 Å². The van der Waals surface area contributed by atoms with E-state index >= 15 is 0 Å². The van der Waals surface area contributed by atoms with E-state index in [9.17, 15) is 15.0 Å². The van der Waals surface area contributed by atoms with Gasteiger partial charge in [-0.3, -0.25) is 4.79 Å². The number of carbonyl (C=O) groups is 1. The van der Waals surface area contributed by atoms with Gasteiger partial charge in [0.1, 0.15) is 0 Å². The van der Waals surface area contributed by atoms with Gasteiger partial charge in [0, 0.05) is 6.42 Å². The molecule has 4 nitrogen and oxygen atoms in total. The molecule has 0 fully saturated rings. The molecule has 0 aliphatic rings. The first-order valence-electron chi connectivity index (χ1n) is 30.7. The van der Waals surface area contributed by atoms with Crippen LogP contribution < -0.4 is 5.32 Å². The van der Waals surface area contributed by atoms with Gasteiger partial charge < -0.3 is 15.5 Å². The number of carbonyl (C=O) groups excluding carboxylic acids is 1. The van der Waals surface area contributed by atoms with E-state index in [2.05, 4.69) is 43.5 Å². The molecule has 0 heterocycles. The van der Waals surface area contributed by atoms with Gasteiger partial charge in [-0.1, -0.05) is 314 Å². The van der Waals surface area contributed by atoms with E-state index in [0.717, 1.165) is 32.1 Å². The van der Waals surface area contributed by atoms with Crippen molar-refractivity contribution in [2.75, 3.05) is 6.61 Å². The molecule has 0 aromatic carbocycles. The molecule has 4 heteroatoms. The predicted molar refractivity (Wildman–Crippen MR) is 299 cm³/mol. The summed E-state index contributed by atoms with van der Waals surface area (Å²) in [5.41, 5.74) is 0. The summed E-state index contributed by atoms with van der Waals surface area (Å²) < 4.78 is 0. The molecule has 2 atom stereocenters. The average Bonchev–Trinajstić information content (AvgIpc) is 3.33. The van der Waals surface area contributed by atoms with Crippen LogP contribution in [0.5, 0.6) is 0 Å². The summed E-state index contributed by atoms with van der Waals surface area (Å²) >= 11 is 0. The molecule has 1 amide bonds. The molecule has 0 radical (unpaired) electrons. The Labute approximate surface area is 421 Å². The largest absolute Gasteiger partial charge is 0.394 e. The van der Waals surface area contributed by atoms with Crippen molar-refractivity contribution >= 4 is 5.91 Å². The number of amides is 1. The molecule has 0 rings (SSSR count). The molecule has 0 saturated heterocycles. The van der Waals surface area contributed by atoms with Gasteiger partial charge in [0.05, 0.1) is 18.8 Å². The van der Waals surface area contributed by atoms with Crippen LogP contribution in [0, 0.1) is 0 Å². The Morgan fingerprint density at radius 3 is 0.866 bits per heavy atom. The van der Waals surface area contributed by atoms with Crippen molar-refractivity contribution < 1.29 is 15.0 Å². The SMILES string of the molecule is CCCCCCCCCC/C=C\CCCCCCCCCCCCCCCCCCCCCCCCCCCCCC(=O)NC(CO)C(O)/C=C/CC/C=C/CCCCCCCCCCCC. The lowest BCUT2D eigenvalue weighted by Crippen LogP contribution is -2.45. The molecule has 0 spiro atoms. The van der Waals surface area contributed by atoms with Crippen molar-refractivity contribution in [3.63, 3.8) is 0 Å². The lowest BCUT2D eigenvalue weighted by Gasteiger charge is -2.19. The van der Waals surface area contributed by atoms with Crippen LogP contribution in [0.25, 0.3) is 0 Å². The van der Waals surface area contributed by atoms with E-state index in [0.29, 0.717) is 6.42 Å². The van der Waals surface area contributed by atoms with Gasteiger partial charge in [0.15, 0.2) is 0 Å². The second kappa shape index (κ2) is 58.9. The van der Waals surface area contributed by atoms with E-state index < -0.39 is 12.1 Å². The van der Waals surface area contributed by atoms with Gasteiger partial charge in [0.2, 0.25) is 5.91 Å². The zero-order valence-electron chi connectivity index (χ0n) is 45.7. The number of hydrogen-bond donors (Lipinski definition) is 3. The standard InChI is InChI=1S/C63H121NO3/c1-3-5-7-9-11-13-15-17-19-21-22-23-24-25-26-27-28-29-30-31-32-33-34-35-36-37-38-39-40-41-42-43-45-47-49-51-53-55-57-59-63(67)64-61(60-65)62(66)58-56-54-52-50-48-46-44-20-18-16-14-12-10-8-6-4-2/h21-22,48,50,56,58,61-62,65-66H,3-20,23-47,49,51-55,57,59-60H2,1-2H3,(H,64,67)/b22-21-,50-48+,58-56+. The van der Waals surface area contributed by atoms with Crippen molar-refractivity contribution in [1.82, 2.24) is 5.32 Å². The van der Waals surface area contributed by atoms with Crippen LogP contribution in [0.3, 0.4) is 0 Å². The molecular weight excluding hydrogens is 819 g/mol. The summed E-state index contributed by atoms with van der Waals surface area (Å²) in [6.07, 6.45) is 80.6. The highest BCUT2D eigenvalue weighted by Gasteiger charge is 2.18. The average molecular weight is 941 g/mol. The summed E-state index contributed by atoms with van der Waals surface area (Å²) in [7, 11) is 0. The van der Waals surface area contributed by atoms with Crippen molar-refractivity contribution in [2.24, 2.45) is 0 Å². The molecule has 0 aliphatic carbocycles. The van der Waals surface area contributed by atoms with Gasteiger partial charge in [-0.2, -0.15) is 0 Å². The van der Waals surface area contributed by atoms with E-state index in [1.54, 1.807) is 6.08 Å². The van der Waals surface area contributed by atoms with Gasteiger partial charge in [-0.05, 0) is 57.8 Å². The third-order valence-electron chi connectivity index (χ3n) is 14.3. The topological polar surface area (TPSA) is 69.6 Å². The maximum Gasteiger partial charge on any atom is 0.220 e. The Morgan fingerprint density at radius 1 is 0.343 bits per heavy atom. The van der Waals surface area contributed by atoms with Crippen LogP contribution in [0.2, 0.25) is 0 Å². The number of rotatable bonds is 57. The number of unbranched alkanes of at least 4 members (excludes halogenated alkanes) is 46. The molecule has 67 heavy (non-hydrogen) atoms. The molecule has 2 unspecified atom stereocenters. The molecule has 0 aromatic heterocycles. The third-order valence-corrected chi connectivity index (χ3v) is 14.3. The number of nitrogens with one attached hydrogen (secondary N) is 1. The van der Waals surface area contributed by atoms with Gasteiger partial charge >= 0.3 is 0 Å². The first kappa shape index (κ1) is 65.6. The summed E-state index contributed by atoms with van der Waals surface area (Å²) in [5.74, 6) is -0.0677. The van der Waals surface area contributed by atoms with E-state index in [4.69, 9.17) is 0 Å². The van der Waals surface area contributed by atoms with Gasteiger partial charge in [-0.25, -0.2) is 0 Å². The lowest BCUT2D eigenvalue weighted by molar-refractivity contribution is -0.123. The summed E-state index contributed by atoms with van der Waals surface area (Å²) in [6.45, 7) is 4.32. The fourth-order valence-corrected chi connectivity index (χ4v) is 9.66. The summed E-state index contributed by atoms with van der Waals surface area (Å²) in [5, 5.41) is 23.1. The zero-order chi connectivity index (χ0) is 48.5. The maximum atomic E-state index is 12.5. The lowest BCUT2D eigenvalue weighted by atomic mass is 10.0. The minimum absolute atomic E-state index is 0.0677. The Hall–Kier alpha value is -1.39. The van der Waals surface area contributed by atoms with E-state index in [1.807, 2.05) is 6.08 Å². The highest BCUT2D eigenvalue weighted by molar-refractivity contribution is 5.76. The zero-order valence-corrected chi connectivity index (χ0v) is 45.7. The number of aliphatic hydroxyl groups is 2. The second-order valence-corrected chi connectivity index (χ2v) is 21.1. The smallest absolute Gasteiger partial charge is 0.220 e.